The summed E-state index contributed by atoms with van der Waals surface area (Å²) in [5, 5.41) is 11.7. The van der Waals surface area contributed by atoms with Crippen molar-refractivity contribution in [3.05, 3.63) is 35.9 Å². The third kappa shape index (κ3) is 4.30. The molecule has 2 rings (SSSR count). The van der Waals surface area contributed by atoms with Crippen molar-refractivity contribution < 1.29 is 19.5 Å². The third-order valence-corrected chi connectivity index (χ3v) is 3.42. The van der Waals surface area contributed by atoms with Gasteiger partial charge in [0, 0.05) is 19.4 Å². The Morgan fingerprint density at radius 3 is 2.57 bits per heavy atom. The number of hydrogen-bond donors (Lipinski definition) is 2. The molecule has 1 unspecified atom stereocenters. The first-order valence-electron chi connectivity index (χ1n) is 6.90. The molecule has 1 aliphatic heterocycles. The summed E-state index contributed by atoms with van der Waals surface area (Å²) in [5.41, 5.74) is 0.836. The van der Waals surface area contributed by atoms with Gasteiger partial charge in [-0.25, -0.2) is 4.79 Å². The molecular weight excluding hydrogens is 272 g/mol. The first-order valence-corrected chi connectivity index (χ1v) is 6.90. The van der Waals surface area contributed by atoms with Crippen LogP contribution >= 0.6 is 0 Å². The van der Waals surface area contributed by atoms with E-state index in [0.717, 1.165) is 12.0 Å². The van der Waals surface area contributed by atoms with Crippen LogP contribution in [0, 0.1) is 0 Å². The summed E-state index contributed by atoms with van der Waals surface area (Å²) in [7, 11) is 0. The number of amides is 2. The van der Waals surface area contributed by atoms with Gasteiger partial charge < -0.3 is 15.3 Å². The van der Waals surface area contributed by atoms with Gasteiger partial charge in [-0.3, -0.25) is 9.59 Å². The minimum absolute atomic E-state index is 0.0555. The van der Waals surface area contributed by atoms with Crippen LogP contribution in [0.2, 0.25) is 0 Å². The van der Waals surface area contributed by atoms with E-state index in [-0.39, 0.29) is 18.9 Å². The largest absolute Gasteiger partial charge is 0.480 e. The molecule has 1 atom stereocenters. The molecule has 2 amide bonds. The van der Waals surface area contributed by atoms with Gasteiger partial charge in [0.1, 0.15) is 6.04 Å². The number of carboxylic acids is 1. The van der Waals surface area contributed by atoms with Gasteiger partial charge in [-0.05, 0) is 12.0 Å². The van der Waals surface area contributed by atoms with Crippen LogP contribution in [-0.4, -0.2) is 46.9 Å². The van der Waals surface area contributed by atoms with Gasteiger partial charge in [-0.1, -0.05) is 30.3 Å². The van der Waals surface area contributed by atoms with Gasteiger partial charge in [-0.2, -0.15) is 0 Å². The van der Waals surface area contributed by atoms with Crippen LogP contribution in [-0.2, 0) is 20.8 Å². The first kappa shape index (κ1) is 15.0. The smallest absolute Gasteiger partial charge is 0.326 e. The molecule has 0 bridgehead atoms. The van der Waals surface area contributed by atoms with Crippen molar-refractivity contribution in [2.75, 3.05) is 13.1 Å². The van der Waals surface area contributed by atoms with E-state index in [4.69, 9.17) is 0 Å². The molecular formula is C15H18N2O4. The van der Waals surface area contributed by atoms with E-state index in [1.165, 1.54) is 4.90 Å². The summed E-state index contributed by atoms with van der Waals surface area (Å²) in [4.78, 5) is 36.0. The number of likely N-dealkylation sites (tertiary alicyclic amines) is 1. The van der Waals surface area contributed by atoms with E-state index < -0.39 is 17.9 Å². The molecule has 1 heterocycles. The number of nitrogens with one attached hydrogen (secondary N) is 1. The average Bonchev–Trinajstić information content (AvgIpc) is 2.84. The summed E-state index contributed by atoms with van der Waals surface area (Å²) in [6, 6.07) is 8.12. The van der Waals surface area contributed by atoms with E-state index in [0.29, 0.717) is 13.0 Å². The summed E-state index contributed by atoms with van der Waals surface area (Å²) in [5.74, 6) is -1.58. The zero-order valence-electron chi connectivity index (χ0n) is 11.6. The number of aliphatic carboxylic acids is 1. The predicted molar refractivity (Wildman–Crippen MR) is 75.5 cm³/mol. The highest BCUT2D eigenvalue weighted by Gasteiger charge is 2.25. The number of rotatable bonds is 6. The van der Waals surface area contributed by atoms with E-state index in [1.807, 2.05) is 30.3 Å². The number of carbonyl (C=O) groups is 3. The van der Waals surface area contributed by atoms with Crippen molar-refractivity contribution in [2.45, 2.75) is 25.3 Å². The quantitative estimate of drug-likeness (QED) is 0.795. The fourth-order valence-electron chi connectivity index (χ4n) is 2.33. The molecule has 2 N–H and O–H groups in total. The molecule has 1 aliphatic rings. The van der Waals surface area contributed by atoms with E-state index in [1.54, 1.807) is 0 Å². The maximum Gasteiger partial charge on any atom is 0.326 e. The summed E-state index contributed by atoms with van der Waals surface area (Å²) < 4.78 is 0. The Bertz CT molecular complexity index is 530. The van der Waals surface area contributed by atoms with E-state index in [9.17, 15) is 19.5 Å². The van der Waals surface area contributed by atoms with E-state index >= 15 is 0 Å². The van der Waals surface area contributed by atoms with Crippen molar-refractivity contribution in [2.24, 2.45) is 0 Å². The van der Waals surface area contributed by atoms with Crippen LogP contribution < -0.4 is 5.32 Å². The molecule has 6 heteroatoms. The molecule has 1 fully saturated rings. The van der Waals surface area contributed by atoms with Crippen LogP contribution in [0.4, 0.5) is 0 Å². The zero-order chi connectivity index (χ0) is 15.2. The lowest BCUT2D eigenvalue weighted by Gasteiger charge is -2.18. The average molecular weight is 290 g/mol. The van der Waals surface area contributed by atoms with Gasteiger partial charge in [0.25, 0.3) is 0 Å². The van der Waals surface area contributed by atoms with Crippen molar-refractivity contribution in [3.8, 4) is 0 Å². The molecule has 0 aromatic heterocycles. The fourth-order valence-corrected chi connectivity index (χ4v) is 2.33. The number of hydrogen-bond acceptors (Lipinski definition) is 3. The Kier molecular flexibility index (Phi) is 4.92. The summed E-state index contributed by atoms with van der Waals surface area (Å²) in [6.45, 7) is 0.486. The van der Waals surface area contributed by atoms with Crippen LogP contribution in [0.25, 0.3) is 0 Å². The number of carboxylic acid groups (broad SMARTS) is 1. The lowest BCUT2D eigenvalue weighted by Crippen LogP contribution is -2.46. The van der Waals surface area contributed by atoms with Gasteiger partial charge >= 0.3 is 5.97 Å². The molecule has 0 radical (unpaired) electrons. The predicted octanol–water partition coefficient (Wildman–Crippen LogP) is 0.421. The molecule has 1 aromatic carbocycles. The summed E-state index contributed by atoms with van der Waals surface area (Å²) >= 11 is 0. The van der Waals surface area contributed by atoms with Crippen LogP contribution in [0.3, 0.4) is 0 Å². The van der Waals surface area contributed by atoms with Crippen molar-refractivity contribution in [3.63, 3.8) is 0 Å². The Labute approximate surface area is 122 Å². The maximum atomic E-state index is 11.9. The molecule has 1 aromatic rings. The van der Waals surface area contributed by atoms with Crippen molar-refractivity contribution in [1.82, 2.24) is 10.2 Å². The SMILES string of the molecule is O=C(CN1CCCC1=O)NC(Cc1ccccc1)C(=O)O. The number of nitrogens with zero attached hydrogens (tertiary/aromatic N) is 1. The van der Waals surface area contributed by atoms with Crippen LogP contribution in [0.15, 0.2) is 30.3 Å². The lowest BCUT2D eigenvalue weighted by atomic mass is 10.1. The Balaban J connectivity index is 1.91. The monoisotopic (exact) mass is 290 g/mol. The second kappa shape index (κ2) is 6.88. The second-order valence-electron chi connectivity index (χ2n) is 5.07. The molecule has 1 saturated heterocycles. The Morgan fingerprint density at radius 2 is 2.00 bits per heavy atom. The summed E-state index contributed by atoms with van der Waals surface area (Å²) in [6.07, 6.45) is 1.42. The first-order chi connectivity index (χ1) is 10.1. The molecule has 0 aliphatic carbocycles. The lowest BCUT2D eigenvalue weighted by molar-refractivity contribution is -0.142. The van der Waals surface area contributed by atoms with Crippen LogP contribution in [0.5, 0.6) is 0 Å². The van der Waals surface area contributed by atoms with Gasteiger partial charge in [-0.15, -0.1) is 0 Å². The Morgan fingerprint density at radius 1 is 1.29 bits per heavy atom. The molecule has 6 nitrogen and oxygen atoms in total. The van der Waals surface area contributed by atoms with E-state index in [2.05, 4.69) is 5.32 Å². The number of benzene rings is 1. The molecule has 112 valence electrons. The van der Waals surface area contributed by atoms with Gasteiger partial charge in [0.15, 0.2) is 0 Å². The van der Waals surface area contributed by atoms with Gasteiger partial charge in [0.05, 0.1) is 6.54 Å². The Hall–Kier alpha value is -2.37. The molecule has 21 heavy (non-hydrogen) atoms. The topological polar surface area (TPSA) is 86.7 Å². The second-order valence-corrected chi connectivity index (χ2v) is 5.07. The normalized spacial score (nSPS) is 15.8. The van der Waals surface area contributed by atoms with Crippen LogP contribution in [0.1, 0.15) is 18.4 Å². The van der Waals surface area contributed by atoms with Gasteiger partial charge in [0.2, 0.25) is 11.8 Å². The highest BCUT2D eigenvalue weighted by atomic mass is 16.4. The fraction of sp³-hybridized carbons (Fsp3) is 0.400. The molecule has 0 spiro atoms. The van der Waals surface area contributed by atoms with Crippen molar-refractivity contribution in [1.29, 1.82) is 0 Å². The number of carbonyl (C=O) groups excluding carboxylic acids is 2. The third-order valence-electron chi connectivity index (χ3n) is 3.42. The minimum Gasteiger partial charge on any atom is -0.480 e. The van der Waals surface area contributed by atoms with Crippen molar-refractivity contribution >= 4 is 17.8 Å². The zero-order valence-corrected chi connectivity index (χ0v) is 11.6. The standard InChI is InChI=1S/C15H18N2O4/c18-13(10-17-8-4-7-14(17)19)16-12(15(20)21)9-11-5-2-1-3-6-11/h1-3,5-6,12H,4,7-10H2,(H,16,18)(H,20,21). The molecule has 0 saturated carbocycles. The highest BCUT2D eigenvalue weighted by Crippen LogP contribution is 2.09. The minimum atomic E-state index is -1.08. The highest BCUT2D eigenvalue weighted by molar-refractivity contribution is 5.88. The maximum absolute atomic E-state index is 11.9.